The number of carbonyl (C=O) groups excluding carboxylic acids is 1. The second-order valence-corrected chi connectivity index (χ2v) is 19.3. The van der Waals surface area contributed by atoms with Crippen molar-refractivity contribution in [3.8, 4) is 5.75 Å². The molecule has 4 rings (SSSR count). The molecule has 1 aromatic heterocycles. The van der Waals surface area contributed by atoms with E-state index in [0.29, 0.717) is 40.1 Å². The number of alkyl halides is 3. The summed E-state index contributed by atoms with van der Waals surface area (Å²) < 4.78 is 75.8. The number of hydrogen-bond acceptors (Lipinski definition) is 5. The van der Waals surface area contributed by atoms with Crippen molar-refractivity contribution < 1.29 is 36.6 Å². The van der Waals surface area contributed by atoms with E-state index >= 15 is 4.39 Å². The minimum atomic E-state index is -4.52. The van der Waals surface area contributed by atoms with Crippen LogP contribution in [0.4, 0.5) is 22.4 Å². The van der Waals surface area contributed by atoms with Gasteiger partial charge in [-0.1, -0.05) is 68.2 Å². The van der Waals surface area contributed by atoms with Gasteiger partial charge in [0.2, 0.25) is 5.95 Å². The van der Waals surface area contributed by atoms with Crippen LogP contribution in [0.2, 0.25) is 25.7 Å². The molecule has 0 unspecified atom stereocenters. The molecule has 0 saturated carbocycles. The molecule has 3 aromatic carbocycles. The predicted molar refractivity (Wildman–Crippen MR) is 183 cm³/mol. The molecule has 0 atom stereocenters. The van der Waals surface area contributed by atoms with Gasteiger partial charge in [0, 0.05) is 14.7 Å². The first kappa shape index (κ1) is 36.7. The molecular formula is C36H43F4N3O4Si. The minimum absolute atomic E-state index is 0.0418. The van der Waals surface area contributed by atoms with Gasteiger partial charge in [0.1, 0.15) is 24.7 Å². The lowest BCUT2D eigenvalue weighted by molar-refractivity contribution is -0.122. The Hall–Kier alpha value is -4.16. The van der Waals surface area contributed by atoms with Crippen molar-refractivity contribution in [2.75, 3.05) is 19.8 Å². The van der Waals surface area contributed by atoms with Crippen LogP contribution in [0.5, 0.6) is 5.75 Å². The molecule has 1 N–H and O–H groups in total. The molecule has 258 valence electrons. The quantitative estimate of drug-likeness (QED) is 0.0657. The van der Waals surface area contributed by atoms with Gasteiger partial charge in [0.05, 0.1) is 23.9 Å². The summed E-state index contributed by atoms with van der Waals surface area (Å²) in [5.74, 6) is -0.279. The van der Waals surface area contributed by atoms with Crippen LogP contribution in [-0.4, -0.2) is 55.5 Å². The zero-order valence-electron chi connectivity index (χ0n) is 28.2. The maximum atomic E-state index is 15.3. The number of allylic oxidation sites excluding steroid dienone is 1. The summed E-state index contributed by atoms with van der Waals surface area (Å²) in [6.45, 7) is 12.9. The third kappa shape index (κ3) is 10.9. The molecule has 0 aliphatic rings. The molecule has 48 heavy (non-hydrogen) atoms. The maximum Gasteiger partial charge on any atom is 0.407 e. The molecule has 0 aliphatic heterocycles. The summed E-state index contributed by atoms with van der Waals surface area (Å²) in [6.07, 6.45) is -6.29. The van der Waals surface area contributed by atoms with Crippen molar-refractivity contribution >= 4 is 36.2 Å². The van der Waals surface area contributed by atoms with Crippen LogP contribution in [0.1, 0.15) is 43.9 Å². The van der Waals surface area contributed by atoms with E-state index in [4.69, 9.17) is 14.2 Å². The molecule has 0 radical (unpaired) electrons. The number of alkyl carbamates (subject to hydrolysis) is 1. The van der Waals surface area contributed by atoms with Gasteiger partial charge >= 0.3 is 12.3 Å². The summed E-state index contributed by atoms with van der Waals surface area (Å²) in [5.41, 5.74) is 1.47. The van der Waals surface area contributed by atoms with E-state index in [1.807, 2.05) is 0 Å². The first-order chi connectivity index (χ1) is 22.5. The van der Waals surface area contributed by atoms with E-state index in [1.54, 1.807) is 87.5 Å². The standard InChI is InChI=1S/C36H43F4N3O4Si/c1-35(2,3)47-34(44)41-18-19-46-28-15-12-26(13-16-28)32(30(23-36(38,39)40)25-10-8-7-9-11-25)27-14-17-31-29(22-27)33(37)42-43(31)24-45-20-21-48(4,5)6/h7-17,22H,18-21,23-24H2,1-6H3,(H,41,44)/b32-30+. The van der Waals surface area contributed by atoms with Crippen LogP contribution in [-0.2, 0) is 16.2 Å². The molecule has 0 saturated heterocycles. The lowest BCUT2D eigenvalue weighted by Gasteiger charge is -2.20. The van der Waals surface area contributed by atoms with Crippen molar-refractivity contribution in [1.29, 1.82) is 0 Å². The molecule has 1 amide bonds. The lowest BCUT2D eigenvalue weighted by atomic mass is 9.87. The number of benzene rings is 3. The van der Waals surface area contributed by atoms with Crippen LogP contribution in [0, 0.1) is 5.95 Å². The fourth-order valence-corrected chi connectivity index (χ4v) is 5.72. The van der Waals surface area contributed by atoms with E-state index in [0.717, 1.165) is 6.04 Å². The molecule has 4 aromatic rings. The van der Waals surface area contributed by atoms with Gasteiger partial charge in [-0.25, -0.2) is 9.48 Å². The molecule has 0 aliphatic carbocycles. The number of hydrogen-bond donors (Lipinski definition) is 1. The van der Waals surface area contributed by atoms with Gasteiger partial charge in [-0.2, -0.15) is 17.6 Å². The predicted octanol–water partition coefficient (Wildman–Crippen LogP) is 9.30. The first-order valence-corrected chi connectivity index (χ1v) is 19.5. The fraction of sp³-hybridized carbons (Fsp3) is 0.389. The Morgan fingerprint density at radius 3 is 2.19 bits per heavy atom. The van der Waals surface area contributed by atoms with Crippen molar-refractivity contribution in [2.45, 2.75) is 71.4 Å². The minimum Gasteiger partial charge on any atom is -0.492 e. The molecule has 0 bridgehead atoms. The van der Waals surface area contributed by atoms with Gasteiger partial charge in [0.15, 0.2) is 0 Å². The van der Waals surface area contributed by atoms with Crippen LogP contribution in [0.25, 0.3) is 22.0 Å². The number of carbonyl (C=O) groups is 1. The number of rotatable bonds is 13. The van der Waals surface area contributed by atoms with Crippen molar-refractivity contribution in [2.24, 2.45) is 0 Å². The molecule has 7 nitrogen and oxygen atoms in total. The average molecular weight is 686 g/mol. The SMILES string of the molecule is CC(C)(C)OC(=O)NCCOc1ccc(/C(=C(/CC(F)(F)F)c2ccccc2)c2ccc3c(c2)c(F)nn3COCC[Si](C)(C)C)cc1. The second-order valence-electron chi connectivity index (χ2n) is 13.7. The number of aromatic nitrogens is 2. The molecule has 1 heterocycles. The molecule has 0 fully saturated rings. The third-order valence-corrected chi connectivity index (χ3v) is 8.89. The Kier molecular flexibility index (Phi) is 11.7. The number of halogens is 4. The lowest BCUT2D eigenvalue weighted by Crippen LogP contribution is -2.34. The van der Waals surface area contributed by atoms with Crippen molar-refractivity contribution in [1.82, 2.24) is 15.1 Å². The summed E-state index contributed by atoms with van der Waals surface area (Å²) in [4.78, 5) is 11.9. The highest BCUT2D eigenvalue weighted by molar-refractivity contribution is 6.76. The van der Waals surface area contributed by atoms with Gasteiger partial charge in [-0.3, -0.25) is 0 Å². The number of nitrogens with zero attached hydrogens (tertiary/aromatic N) is 2. The largest absolute Gasteiger partial charge is 0.492 e. The van der Waals surface area contributed by atoms with Gasteiger partial charge in [0.25, 0.3) is 0 Å². The second kappa shape index (κ2) is 15.4. The zero-order valence-corrected chi connectivity index (χ0v) is 29.2. The number of amides is 1. The van der Waals surface area contributed by atoms with E-state index in [2.05, 4.69) is 30.1 Å². The van der Waals surface area contributed by atoms with E-state index in [9.17, 15) is 18.0 Å². The summed E-state index contributed by atoms with van der Waals surface area (Å²) in [6, 6.07) is 20.8. The number of ether oxygens (including phenoxy) is 3. The fourth-order valence-electron chi connectivity index (χ4n) is 4.97. The smallest absolute Gasteiger partial charge is 0.407 e. The third-order valence-electron chi connectivity index (χ3n) is 7.19. The monoisotopic (exact) mass is 685 g/mol. The van der Waals surface area contributed by atoms with Gasteiger partial charge < -0.3 is 19.5 Å². The Balaban J connectivity index is 1.68. The highest BCUT2D eigenvalue weighted by Gasteiger charge is 2.32. The highest BCUT2D eigenvalue weighted by Crippen LogP contribution is 2.40. The molecule has 0 spiro atoms. The van der Waals surface area contributed by atoms with Crippen LogP contribution >= 0.6 is 0 Å². The highest BCUT2D eigenvalue weighted by atomic mass is 28.3. The average Bonchev–Trinajstić information content (AvgIpc) is 3.31. The summed E-state index contributed by atoms with van der Waals surface area (Å²) in [5, 5.41) is 6.81. The van der Waals surface area contributed by atoms with E-state index in [-0.39, 0.29) is 30.8 Å². The topological polar surface area (TPSA) is 74.6 Å². The number of fused-ring (bicyclic) bond motifs is 1. The maximum absolute atomic E-state index is 15.3. The molecular weight excluding hydrogens is 642 g/mol. The normalized spacial score (nSPS) is 13.0. The number of nitrogens with one attached hydrogen (secondary N) is 1. The molecule has 12 heteroatoms. The van der Waals surface area contributed by atoms with Crippen molar-refractivity contribution in [3.63, 3.8) is 0 Å². The van der Waals surface area contributed by atoms with E-state index in [1.165, 1.54) is 10.7 Å². The van der Waals surface area contributed by atoms with Crippen LogP contribution in [0.3, 0.4) is 0 Å². The Labute approximate surface area is 279 Å². The Bertz CT molecular complexity index is 1710. The zero-order chi connectivity index (χ0) is 35.1. The van der Waals surface area contributed by atoms with Gasteiger partial charge in [-0.05, 0) is 78.9 Å². The Morgan fingerprint density at radius 1 is 0.896 bits per heavy atom. The van der Waals surface area contributed by atoms with Crippen molar-refractivity contribution in [3.05, 3.63) is 95.4 Å². The summed E-state index contributed by atoms with van der Waals surface area (Å²) >= 11 is 0. The summed E-state index contributed by atoms with van der Waals surface area (Å²) in [7, 11) is -1.32. The van der Waals surface area contributed by atoms with Gasteiger partial charge in [-0.15, -0.1) is 5.10 Å². The van der Waals surface area contributed by atoms with Crippen LogP contribution < -0.4 is 10.1 Å². The van der Waals surface area contributed by atoms with E-state index < -0.39 is 38.3 Å². The Morgan fingerprint density at radius 2 is 1.56 bits per heavy atom. The first-order valence-electron chi connectivity index (χ1n) is 15.8. The van der Waals surface area contributed by atoms with Crippen LogP contribution in [0.15, 0.2) is 72.8 Å².